The molecule has 0 aliphatic rings. The number of carboxylic acid groups (broad SMARTS) is 1. The summed E-state index contributed by atoms with van der Waals surface area (Å²) in [6.45, 7) is 1.21. The Balaban J connectivity index is 2.82. The van der Waals surface area contributed by atoms with Gasteiger partial charge in [-0.3, -0.25) is 9.59 Å². The topological polar surface area (TPSA) is 95.5 Å². The predicted octanol–water partition coefficient (Wildman–Crippen LogP) is 0.979. The zero-order chi connectivity index (χ0) is 15.8. The Kier molecular flexibility index (Phi) is 6.32. The molecule has 21 heavy (non-hydrogen) atoms. The van der Waals surface area contributed by atoms with Gasteiger partial charge in [-0.05, 0) is 24.6 Å². The number of hydrogen-bond acceptors (Lipinski definition) is 3. The number of rotatable bonds is 7. The van der Waals surface area contributed by atoms with Crippen LogP contribution in [0.15, 0.2) is 24.3 Å². The molecule has 0 bridgehead atoms. The summed E-state index contributed by atoms with van der Waals surface area (Å²) < 4.78 is 12.5. The Hall–Kier alpha value is -2.44. The lowest BCUT2D eigenvalue weighted by atomic mass is 10.1. The number of nitrogens with one attached hydrogen (secondary N) is 2. The summed E-state index contributed by atoms with van der Waals surface area (Å²) in [5.74, 6) is -2.53. The number of benzene rings is 1. The fourth-order valence-electron chi connectivity index (χ4n) is 1.55. The van der Waals surface area contributed by atoms with Gasteiger partial charge in [0.1, 0.15) is 6.67 Å². The lowest BCUT2D eigenvalue weighted by molar-refractivity contribution is -0.139. The molecule has 1 aromatic carbocycles. The van der Waals surface area contributed by atoms with Crippen LogP contribution in [0.2, 0.25) is 0 Å². The number of amides is 2. The third-order valence-electron chi connectivity index (χ3n) is 2.68. The van der Waals surface area contributed by atoms with Gasteiger partial charge < -0.3 is 15.7 Å². The van der Waals surface area contributed by atoms with Gasteiger partial charge in [-0.2, -0.15) is 0 Å². The van der Waals surface area contributed by atoms with Crippen molar-refractivity contribution in [1.29, 1.82) is 0 Å². The van der Waals surface area contributed by atoms with Crippen LogP contribution in [0.3, 0.4) is 0 Å². The smallest absolute Gasteiger partial charge is 0.328 e. The van der Waals surface area contributed by atoms with Crippen molar-refractivity contribution in [2.75, 3.05) is 13.2 Å². The molecule has 7 heteroatoms. The van der Waals surface area contributed by atoms with Crippen molar-refractivity contribution in [2.45, 2.75) is 19.4 Å². The van der Waals surface area contributed by atoms with Crippen molar-refractivity contribution < 1.29 is 23.9 Å². The van der Waals surface area contributed by atoms with Crippen molar-refractivity contribution in [2.24, 2.45) is 0 Å². The maximum atomic E-state index is 12.5. The molecule has 0 saturated heterocycles. The highest BCUT2D eigenvalue weighted by Crippen LogP contribution is 2.06. The van der Waals surface area contributed by atoms with Crippen molar-refractivity contribution in [3.63, 3.8) is 0 Å². The summed E-state index contributed by atoms with van der Waals surface area (Å²) in [5, 5.41) is 13.4. The number of alkyl halides is 1. The lowest BCUT2D eigenvalue weighted by Gasteiger charge is -2.11. The summed E-state index contributed by atoms with van der Waals surface area (Å²) in [6.07, 6.45) is 0.780. The number of halogens is 1. The highest BCUT2D eigenvalue weighted by Gasteiger charge is 2.20. The summed E-state index contributed by atoms with van der Waals surface area (Å²) in [6, 6.07) is 4.18. The molecule has 114 valence electrons. The molecule has 0 spiro atoms. The Morgan fingerprint density at radius 2 is 1.86 bits per heavy atom. The highest BCUT2D eigenvalue weighted by atomic mass is 19.1. The number of carboxylic acids is 1. The molecule has 2 amide bonds. The van der Waals surface area contributed by atoms with Crippen LogP contribution in [0, 0.1) is 0 Å². The van der Waals surface area contributed by atoms with Gasteiger partial charge >= 0.3 is 5.97 Å². The SMILES string of the molecule is CCCNC(=O)c1cccc(C(=O)NC(CF)C(=O)O)c1. The molecule has 0 saturated carbocycles. The Bertz CT molecular complexity index is 533. The van der Waals surface area contributed by atoms with Crippen molar-refractivity contribution in [1.82, 2.24) is 10.6 Å². The summed E-state index contributed by atoms with van der Waals surface area (Å²) in [4.78, 5) is 34.3. The molecule has 0 heterocycles. The molecule has 3 N–H and O–H groups in total. The summed E-state index contributed by atoms with van der Waals surface area (Å²) in [5.41, 5.74) is 0.377. The van der Waals surface area contributed by atoms with Crippen LogP contribution < -0.4 is 10.6 Å². The van der Waals surface area contributed by atoms with E-state index in [1.165, 1.54) is 24.3 Å². The molecule has 0 fully saturated rings. The maximum Gasteiger partial charge on any atom is 0.328 e. The molecule has 6 nitrogen and oxygen atoms in total. The van der Waals surface area contributed by atoms with E-state index >= 15 is 0 Å². The number of carbonyl (C=O) groups excluding carboxylic acids is 2. The van der Waals surface area contributed by atoms with Gasteiger partial charge in [0, 0.05) is 17.7 Å². The van der Waals surface area contributed by atoms with E-state index in [1.54, 1.807) is 0 Å². The highest BCUT2D eigenvalue weighted by molar-refractivity contribution is 6.00. The fraction of sp³-hybridized carbons (Fsp3) is 0.357. The van der Waals surface area contributed by atoms with Crippen molar-refractivity contribution >= 4 is 17.8 Å². The van der Waals surface area contributed by atoms with Crippen LogP contribution in [-0.4, -0.2) is 42.2 Å². The largest absolute Gasteiger partial charge is 0.480 e. The Morgan fingerprint density at radius 1 is 1.24 bits per heavy atom. The predicted molar refractivity (Wildman–Crippen MR) is 73.9 cm³/mol. The molecule has 0 aromatic heterocycles. The summed E-state index contributed by atoms with van der Waals surface area (Å²) in [7, 11) is 0. The lowest BCUT2D eigenvalue weighted by Crippen LogP contribution is -2.42. The molecular weight excluding hydrogens is 279 g/mol. The molecule has 1 unspecified atom stereocenters. The van der Waals surface area contributed by atoms with Crippen LogP contribution in [0.4, 0.5) is 4.39 Å². The number of carbonyl (C=O) groups is 3. The minimum absolute atomic E-state index is 0.0962. The monoisotopic (exact) mass is 296 g/mol. The second-order valence-corrected chi connectivity index (χ2v) is 4.36. The van der Waals surface area contributed by atoms with E-state index in [9.17, 15) is 18.8 Å². The Labute approximate surface area is 121 Å². The number of aliphatic carboxylic acids is 1. The average Bonchev–Trinajstić information content (AvgIpc) is 2.49. The maximum absolute atomic E-state index is 12.5. The first kappa shape index (κ1) is 16.6. The third-order valence-corrected chi connectivity index (χ3v) is 2.68. The van der Waals surface area contributed by atoms with E-state index in [-0.39, 0.29) is 17.0 Å². The molecule has 1 aromatic rings. The zero-order valence-electron chi connectivity index (χ0n) is 11.6. The minimum atomic E-state index is -1.60. The molecule has 0 radical (unpaired) electrons. The van der Waals surface area contributed by atoms with Crippen LogP contribution in [0.5, 0.6) is 0 Å². The second-order valence-electron chi connectivity index (χ2n) is 4.36. The molecule has 0 aliphatic carbocycles. The quantitative estimate of drug-likeness (QED) is 0.699. The van der Waals surface area contributed by atoms with Gasteiger partial charge in [-0.1, -0.05) is 13.0 Å². The van der Waals surface area contributed by atoms with Crippen LogP contribution in [0.1, 0.15) is 34.1 Å². The van der Waals surface area contributed by atoms with Crippen molar-refractivity contribution in [3.8, 4) is 0 Å². The fourth-order valence-corrected chi connectivity index (χ4v) is 1.55. The van der Waals surface area contributed by atoms with E-state index in [0.717, 1.165) is 6.42 Å². The van der Waals surface area contributed by atoms with Crippen LogP contribution in [-0.2, 0) is 4.79 Å². The van der Waals surface area contributed by atoms with Gasteiger partial charge in [0.2, 0.25) is 0 Å². The van der Waals surface area contributed by atoms with Gasteiger partial charge in [0.05, 0.1) is 0 Å². The average molecular weight is 296 g/mol. The molecular formula is C14H17FN2O4. The van der Waals surface area contributed by atoms with Crippen LogP contribution >= 0.6 is 0 Å². The summed E-state index contributed by atoms with van der Waals surface area (Å²) >= 11 is 0. The van der Waals surface area contributed by atoms with Crippen LogP contribution in [0.25, 0.3) is 0 Å². The van der Waals surface area contributed by atoms with Crippen molar-refractivity contribution in [3.05, 3.63) is 35.4 Å². The van der Waals surface area contributed by atoms with E-state index < -0.39 is 24.6 Å². The normalized spacial score (nSPS) is 11.5. The minimum Gasteiger partial charge on any atom is -0.480 e. The van der Waals surface area contributed by atoms with Gasteiger partial charge in [-0.15, -0.1) is 0 Å². The van der Waals surface area contributed by atoms with E-state index in [0.29, 0.717) is 6.54 Å². The first-order chi connectivity index (χ1) is 9.99. The van der Waals surface area contributed by atoms with E-state index in [4.69, 9.17) is 5.11 Å². The van der Waals surface area contributed by atoms with Gasteiger partial charge in [-0.25, -0.2) is 9.18 Å². The van der Waals surface area contributed by atoms with E-state index in [2.05, 4.69) is 5.32 Å². The van der Waals surface area contributed by atoms with Gasteiger partial charge in [0.15, 0.2) is 6.04 Å². The molecule has 1 atom stereocenters. The van der Waals surface area contributed by atoms with E-state index in [1.807, 2.05) is 12.2 Å². The first-order valence-electron chi connectivity index (χ1n) is 6.47. The Morgan fingerprint density at radius 3 is 2.38 bits per heavy atom. The zero-order valence-corrected chi connectivity index (χ0v) is 11.6. The molecule has 1 rings (SSSR count). The third kappa shape index (κ3) is 4.87. The van der Waals surface area contributed by atoms with Gasteiger partial charge in [0.25, 0.3) is 11.8 Å². The second kappa shape index (κ2) is 7.98. The standard InChI is InChI=1S/C14H17FN2O4/c1-2-6-16-12(18)9-4-3-5-10(7-9)13(19)17-11(8-15)14(20)21/h3-5,7,11H,2,6,8H2,1H3,(H,16,18)(H,17,19)(H,20,21). The first-order valence-corrected chi connectivity index (χ1v) is 6.47. The molecule has 0 aliphatic heterocycles. The number of hydrogen-bond donors (Lipinski definition) is 3.